The second-order valence-electron chi connectivity index (χ2n) is 1.15. The van der Waals surface area contributed by atoms with Gasteiger partial charge in [-0.2, -0.15) is 0 Å². The average molecular weight is 142 g/mol. The first kappa shape index (κ1) is 4.08. The Morgan fingerprint density at radius 1 is 1.00 bits per heavy atom. The van der Waals surface area contributed by atoms with Crippen molar-refractivity contribution in [2.45, 2.75) is 0 Å². The number of hydrogen-bond donors (Lipinski definition) is 0. The molecule has 0 amide bonds. The van der Waals surface area contributed by atoms with Gasteiger partial charge in [0.25, 0.3) is 0 Å². The molecule has 0 bridgehead atoms. The van der Waals surface area contributed by atoms with Gasteiger partial charge in [-0.25, -0.2) is 0 Å². The van der Waals surface area contributed by atoms with Crippen LogP contribution in [0.15, 0.2) is 23.1 Å². The molecule has 1 atom stereocenters. The summed E-state index contributed by atoms with van der Waals surface area (Å²) in [6, 6.07) is 0. The van der Waals surface area contributed by atoms with E-state index >= 15 is 0 Å². The van der Waals surface area contributed by atoms with Crippen LogP contribution in [0.1, 0.15) is 0 Å². The van der Waals surface area contributed by atoms with Crippen LogP contribution in [0.3, 0.4) is 0 Å². The summed E-state index contributed by atoms with van der Waals surface area (Å²) in [6.07, 6.45) is 6.32. The normalized spacial score (nSPS) is 21.3. The molecular formula is C5H7As. The van der Waals surface area contributed by atoms with Crippen molar-refractivity contribution >= 4 is 20.1 Å². The number of rotatable bonds is 0. The third-order valence-corrected chi connectivity index (χ3v) is 2.53. The van der Waals surface area contributed by atoms with Crippen LogP contribution in [-0.4, -0.2) is 20.1 Å². The van der Waals surface area contributed by atoms with Crippen molar-refractivity contribution < 1.29 is 0 Å². The van der Waals surface area contributed by atoms with Gasteiger partial charge in [-0.3, -0.25) is 0 Å². The van der Waals surface area contributed by atoms with Crippen LogP contribution in [0.25, 0.3) is 0 Å². The maximum atomic E-state index is 2.28. The molecule has 1 aliphatic heterocycles. The Balaban J connectivity index is 2.77. The Kier molecular flexibility index (Phi) is 1.46. The molecule has 1 aliphatic rings. The number of allylic oxidation sites excluding steroid dienone is 3. The van der Waals surface area contributed by atoms with Crippen LogP contribution in [0.4, 0.5) is 0 Å². The molecule has 0 N–H and O–H groups in total. The van der Waals surface area contributed by atoms with Gasteiger partial charge in [-0.1, -0.05) is 0 Å². The molecule has 0 aromatic rings. The molecule has 1 rings (SSSR count). The van der Waals surface area contributed by atoms with E-state index in [1.54, 1.807) is 0 Å². The predicted molar refractivity (Wildman–Crippen MR) is 32.9 cm³/mol. The van der Waals surface area contributed by atoms with E-state index < -0.39 is 0 Å². The fraction of sp³-hybridized carbons (Fsp3) is 0. The fourth-order valence-electron chi connectivity index (χ4n) is 0.385. The van der Waals surface area contributed by atoms with Gasteiger partial charge in [0, 0.05) is 0 Å². The minimum atomic E-state index is -0.00781. The van der Waals surface area contributed by atoms with Crippen molar-refractivity contribution in [2.24, 2.45) is 0 Å². The second-order valence-corrected chi connectivity index (χ2v) is 3.58. The molecule has 0 nitrogen and oxygen atoms in total. The number of hydrogen-bond acceptors (Lipinski definition) is 0. The van der Waals surface area contributed by atoms with E-state index in [-0.39, 0.29) is 15.3 Å². The monoisotopic (exact) mass is 142 g/mol. The van der Waals surface area contributed by atoms with Crippen LogP contribution >= 0.6 is 0 Å². The van der Waals surface area contributed by atoms with Crippen molar-refractivity contribution in [1.82, 2.24) is 0 Å². The molecule has 1 heterocycles. The Bertz CT molecular complexity index is 73.3. The van der Waals surface area contributed by atoms with E-state index in [0.29, 0.717) is 0 Å². The van der Waals surface area contributed by atoms with Gasteiger partial charge in [-0.15, -0.1) is 0 Å². The molecule has 6 heavy (non-hydrogen) atoms. The zero-order valence-electron chi connectivity index (χ0n) is 3.46. The van der Waals surface area contributed by atoms with Crippen LogP contribution in [0.5, 0.6) is 0 Å². The molecule has 0 saturated carbocycles. The van der Waals surface area contributed by atoms with Gasteiger partial charge >= 0.3 is 43.2 Å². The summed E-state index contributed by atoms with van der Waals surface area (Å²) < 4.78 is 0. The van der Waals surface area contributed by atoms with Crippen LogP contribution in [0, 0.1) is 0 Å². The van der Waals surface area contributed by atoms with Crippen molar-refractivity contribution in [3.05, 3.63) is 23.1 Å². The van der Waals surface area contributed by atoms with Gasteiger partial charge in [-0.05, 0) is 0 Å². The molecule has 0 aromatic heterocycles. The summed E-state index contributed by atoms with van der Waals surface area (Å²) in [5, 5.41) is 0. The standard InChI is InChI=1S/C5H7As/c1-2-4-6-5-3-1/h1-5H,6H2. The van der Waals surface area contributed by atoms with E-state index in [0.717, 1.165) is 0 Å². The first-order valence-electron chi connectivity index (χ1n) is 2.00. The molecule has 0 saturated heterocycles. The Morgan fingerprint density at radius 2 is 2.00 bits per heavy atom. The first-order chi connectivity index (χ1) is 3.00. The summed E-state index contributed by atoms with van der Waals surface area (Å²) in [6.45, 7) is 0. The van der Waals surface area contributed by atoms with Crippen molar-refractivity contribution in [3.63, 3.8) is 0 Å². The summed E-state index contributed by atoms with van der Waals surface area (Å²) in [4.78, 5) is 4.56. The van der Waals surface area contributed by atoms with Crippen molar-refractivity contribution in [2.75, 3.05) is 0 Å². The van der Waals surface area contributed by atoms with E-state index in [1.165, 1.54) is 0 Å². The molecule has 0 fully saturated rings. The molecule has 0 aromatic carbocycles. The summed E-state index contributed by atoms with van der Waals surface area (Å²) in [5.74, 6) is 0. The SMILES string of the molecule is C1=CC=[AsH2]C=C1. The third-order valence-electron chi connectivity index (χ3n) is 0.667. The van der Waals surface area contributed by atoms with Gasteiger partial charge in [0.1, 0.15) is 0 Å². The van der Waals surface area contributed by atoms with Gasteiger partial charge in [0.15, 0.2) is 0 Å². The zero-order valence-corrected chi connectivity index (χ0v) is 5.89. The van der Waals surface area contributed by atoms with Crippen molar-refractivity contribution in [3.8, 4) is 0 Å². The average Bonchev–Trinajstić information content (AvgIpc) is 1.72. The van der Waals surface area contributed by atoms with E-state index in [4.69, 9.17) is 0 Å². The maximum absolute atomic E-state index is 2.28. The molecule has 0 aliphatic carbocycles. The van der Waals surface area contributed by atoms with E-state index in [9.17, 15) is 0 Å². The third kappa shape index (κ3) is 0.947. The van der Waals surface area contributed by atoms with Crippen LogP contribution < -0.4 is 0 Å². The second kappa shape index (κ2) is 2.15. The fourth-order valence-corrected chi connectivity index (χ4v) is 1.73. The predicted octanol–water partition coefficient (Wildman–Crippen LogP) is 0.0409. The quantitative estimate of drug-likeness (QED) is 0.419. The van der Waals surface area contributed by atoms with E-state index in [2.05, 4.69) is 27.9 Å². The molecular weight excluding hydrogens is 135 g/mol. The Hall–Kier alpha value is -0.0916. The summed E-state index contributed by atoms with van der Waals surface area (Å²) in [5.41, 5.74) is 0. The first-order valence-corrected chi connectivity index (χ1v) is 4.80. The zero-order chi connectivity index (χ0) is 4.24. The summed E-state index contributed by atoms with van der Waals surface area (Å²) in [7, 11) is 0. The Labute approximate surface area is 43.8 Å². The van der Waals surface area contributed by atoms with E-state index in [1.807, 2.05) is 0 Å². The van der Waals surface area contributed by atoms with Crippen LogP contribution in [-0.2, 0) is 0 Å². The van der Waals surface area contributed by atoms with Gasteiger partial charge in [0.2, 0.25) is 0 Å². The minimum absolute atomic E-state index is 0.00781. The topological polar surface area (TPSA) is 0 Å². The molecule has 0 radical (unpaired) electrons. The summed E-state index contributed by atoms with van der Waals surface area (Å²) >= 11 is -0.00781. The van der Waals surface area contributed by atoms with Crippen LogP contribution in [0.2, 0.25) is 0 Å². The Morgan fingerprint density at radius 3 is 2.17 bits per heavy atom. The molecule has 0 spiro atoms. The molecule has 1 heteroatoms. The molecule has 1 unspecified atom stereocenters. The van der Waals surface area contributed by atoms with Gasteiger partial charge in [0.05, 0.1) is 0 Å². The van der Waals surface area contributed by atoms with Gasteiger partial charge < -0.3 is 0 Å². The molecule has 32 valence electrons. The van der Waals surface area contributed by atoms with Crippen molar-refractivity contribution in [1.29, 1.82) is 0 Å².